The zero-order valence-corrected chi connectivity index (χ0v) is 18.4. The van der Waals surface area contributed by atoms with E-state index < -0.39 is 11.7 Å². The van der Waals surface area contributed by atoms with Gasteiger partial charge in [-0.1, -0.05) is 6.07 Å². The smallest absolute Gasteiger partial charge is 0.407 e. The summed E-state index contributed by atoms with van der Waals surface area (Å²) in [6.45, 7) is 9.43. The number of ether oxygens (including phenoxy) is 2. The quantitative estimate of drug-likeness (QED) is 0.240. The van der Waals surface area contributed by atoms with Crippen LogP contribution in [0.25, 0.3) is 0 Å². The van der Waals surface area contributed by atoms with Gasteiger partial charge >= 0.3 is 6.09 Å². The molecule has 0 radical (unpaired) electrons. The number of nitrogens with one attached hydrogen (secondary N) is 3. The van der Waals surface area contributed by atoms with Gasteiger partial charge in [-0.2, -0.15) is 0 Å². The number of rotatable bonds is 7. The molecule has 0 saturated carbocycles. The van der Waals surface area contributed by atoms with Gasteiger partial charge in [0.25, 0.3) is 0 Å². The maximum absolute atomic E-state index is 11.6. The fraction of sp³-hybridized carbons (Fsp3) is 0.588. The van der Waals surface area contributed by atoms with Gasteiger partial charge in [0.15, 0.2) is 5.96 Å². The van der Waals surface area contributed by atoms with Crippen molar-refractivity contribution in [1.29, 1.82) is 0 Å². The third kappa shape index (κ3) is 10.3. The molecule has 0 atom stereocenters. The summed E-state index contributed by atoms with van der Waals surface area (Å²) < 4.78 is 10.7. The lowest BCUT2D eigenvalue weighted by Gasteiger charge is -2.20. The van der Waals surface area contributed by atoms with E-state index >= 15 is 0 Å². The van der Waals surface area contributed by atoms with E-state index in [9.17, 15) is 4.79 Å². The molecule has 1 aromatic heterocycles. The van der Waals surface area contributed by atoms with Crippen LogP contribution in [-0.2, 0) is 11.3 Å². The van der Waals surface area contributed by atoms with Crippen LogP contribution in [-0.4, -0.2) is 49.4 Å². The highest BCUT2D eigenvalue weighted by Gasteiger charge is 2.15. The summed E-state index contributed by atoms with van der Waals surface area (Å²) in [5.41, 5.74) is 0.441. The minimum absolute atomic E-state index is 0. The number of hydrogen-bond acceptors (Lipinski definition) is 5. The Morgan fingerprint density at radius 2 is 1.92 bits per heavy atom. The molecule has 0 aliphatic carbocycles. The average molecular weight is 479 g/mol. The third-order valence-electron chi connectivity index (χ3n) is 2.89. The molecule has 0 aromatic carbocycles. The molecule has 26 heavy (non-hydrogen) atoms. The number of amides is 1. The molecule has 0 fully saturated rings. The molecular formula is C17H30IN5O3. The number of alkyl carbamates (subject to hydrolysis) is 1. The Morgan fingerprint density at radius 1 is 1.23 bits per heavy atom. The minimum Gasteiger partial charge on any atom is -0.478 e. The van der Waals surface area contributed by atoms with Gasteiger partial charge in [0, 0.05) is 38.4 Å². The molecule has 1 aromatic rings. The van der Waals surface area contributed by atoms with Gasteiger partial charge in [-0.05, 0) is 33.8 Å². The van der Waals surface area contributed by atoms with E-state index in [4.69, 9.17) is 9.47 Å². The fourth-order valence-electron chi connectivity index (χ4n) is 1.88. The number of halogens is 1. The highest BCUT2D eigenvalue weighted by Crippen LogP contribution is 2.13. The van der Waals surface area contributed by atoms with Crippen molar-refractivity contribution in [3.05, 3.63) is 23.9 Å². The molecule has 0 spiro atoms. The number of hydrogen-bond donors (Lipinski definition) is 3. The molecule has 8 nitrogen and oxygen atoms in total. The molecule has 9 heteroatoms. The van der Waals surface area contributed by atoms with Crippen LogP contribution in [0.15, 0.2) is 23.3 Å². The van der Waals surface area contributed by atoms with Crippen LogP contribution >= 0.6 is 24.0 Å². The van der Waals surface area contributed by atoms with Crippen molar-refractivity contribution in [2.24, 2.45) is 4.99 Å². The van der Waals surface area contributed by atoms with Crippen molar-refractivity contribution in [2.45, 2.75) is 39.8 Å². The van der Waals surface area contributed by atoms with E-state index in [1.807, 2.05) is 39.8 Å². The van der Waals surface area contributed by atoms with E-state index in [1.54, 1.807) is 13.2 Å². The van der Waals surface area contributed by atoms with Gasteiger partial charge in [0.1, 0.15) is 5.60 Å². The number of guanidine groups is 1. The Kier molecular flexibility index (Phi) is 11.7. The van der Waals surface area contributed by atoms with E-state index in [-0.39, 0.29) is 24.0 Å². The van der Waals surface area contributed by atoms with Crippen molar-refractivity contribution in [1.82, 2.24) is 20.9 Å². The standard InChI is InChI=1S/C17H29N5O3.HI/c1-6-24-14-13(8-7-9-19-14)12-22-15(18-5)20-10-11-21-16(23)25-17(2,3)4;/h7-9H,6,10-12H2,1-5H3,(H,21,23)(H2,18,20,22);1H. The largest absolute Gasteiger partial charge is 0.478 e. The fourth-order valence-corrected chi connectivity index (χ4v) is 1.88. The topological polar surface area (TPSA) is 96.9 Å². The number of carbonyl (C=O) groups is 1. The predicted molar refractivity (Wildman–Crippen MR) is 113 cm³/mol. The summed E-state index contributed by atoms with van der Waals surface area (Å²) in [4.78, 5) is 19.9. The molecule has 0 unspecified atom stereocenters. The third-order valence-corrected chi connectivity index (χ3v) is 2.89. The van der Waals surface area contributed by atoms with Crippen molar-refractivity contribution in [2.75, 3.05) is 26.7 Å². The molecule has 0 saturated heterocycles. The van der Waals surface area contributed by atoms with Gasteiger partial charge in [-0.25, -0.2) is 9.78 Å². The van der Waals surface area contributed by atoms with Gasteiger partial charge in [0.05, 0.1) is 6.61 Å². The highest BCUT2D eigenvalue weighted by atomic mass is 127. The Bertz CT molecular complexity index is 576. The molecular weight excluding hydrogens is 449 g/mol. The number of carbonyl (C=O) groups excluding carboxylic acids is 1. The molecule has 148 valence electrons. The lowest BCUT2D eigenvalue weighted by Crippen LogP contribution is -2.42. The normalized spacial score (nSPS) is 11.2. The van der Waals surface area contributed by atoms with Crippen molar-refractivity contribution in [3.8, 4) is 5.88 Å². The first-order valence-corrected chi connectivity index (χ1v) is 8.33. The number of nitrogens with zero attached hydrogens (tertiary/aromatic N) is 2. The van der Waals surface area contributed by atoms with Crippen LogP contribution in [0.4, 0.5) is 4.79 Å². The second-order valence-electron chi connectivity index (χ2n) is 6.18. The van der Waals surface area contributed by atoms with E-state index in [0.717, 1.165) is 5.56 Å². The molecule has 1 amide bonds. The first-order chi connectivity index (χ1) is 11.9. The summed E-state index contributed by atoms with van der Waals surface area (Å²) >= 11 is 0. The van der Waals surface area contributed by atoms with Gasteiger partial charge in [0.2, 0.25) is 5.88 Å². The predicted octanol–water partition coefficient (Wildman–Crippen LogP) is 2.29. The summed E-state index contributed by atoms with van der Waals surface area (Å²) in [5.74, 6) is 1.23. The lowest BCUT2D eigenvalue weighted by atomic mass is 10.2. The van der Waals surface area contributed by atoms with Crippen LogP contribution < -0.4 is 20.7 Å². The maximum atomic E-state index is 11.6. The van der Waals surface area contributed by atoms with E-state index in [1.165, 1.54) is 0 Å². The zero-order chi connectivity index (χ0) is 18.7. The number of aliphatic imine (C=N–C) groups is 1. The van der Waals surface area contributed by atoms with Gasteiger partial charge < -0.3 is 25.4 Å². The van der Waals surface area contributed by atoms with Crippen molar-refractivity contribution < 1.29 is 14.3 Å². The minimum atomic E-state index is -0.503. The Balaban J connectivity index is 0.00000625. The summed E-state index contributed by atoms with van der Waals surface area (Å²) in [5, 5.41) is 8.98. The SMILES string of the molecule is CCOc1ncccc1CNC(=NC)NCCNC(=O)OC(C)(C)C.I. The van der Waals surface area contributed by atoms with E-state index in [2.05, 4.69) is 25.9 Å². The molecule has 1 rings (SSSR count). The average Bonchev–Trinajstić information content (AvgIpc) is 2.54. The lowest BCUT2D eigenvalue weighted by molar-refractivity contribution is 0.0529. The summed E-state index contributed by atoms with van der Waals surface area (Å²) in [7, 11) is 1.68. The molecule has 3 N–H and O–H groups in total. The summed E-state index contributed by atoms with van der Waals surface area (Å²) in [6.07, 6.45) is 1.26. The summed E-state index contributed by atoms with van der Waals surface area (Å²) in [6, 6.07) is 3.81. The maximum Gasteiger partial charge on any atom is 0.407 e. The van der Waals surface area contributed by atoms with Crippen molar-refractivity contribution >= 4 is 36.0 Å². The highest BCUT2D eigenvalue weighted by molar-refractivity contribution is 14.0. The number of aromatic nitrogens is 1. The van der Waals surface area contributed by atoms with E-state index in [0.29, 0.717) is 38.1 Å². The van der Waals surface area contributed by atoms with Crippen molar-refractivity contribution in [3.63, 3.8) is 0 Å². The van der Waals surface area contributed by atoms with Crippen LogP contribution in [0.1, 0.15) is 33.3 Å². The molecule has 0 aliphatic rings. The van der Waals surface area contributed by atoms with Gasteiger partial charge in [-0.3, -0.25) is 4.99 Å². The molecule has 1 heterocycles. The van der Waals surface area contributed by atoms with Crippen LogP contribution in [0, 0.1) is 0 Å². The number of pyridine rings is 1. The monoisotopic (exact) mass is 479 g/mol. The van der Waals surface area contributed by atoms with Crippen LogP contribution in [0.5, 0.6) is 5.88 Å². The second kappa shape index (κ2) is 12.6. The Hall–Kier alpha value is -1.78. The van der Waals surface area contributed by atoms with Crippen LogP contribution in [0.2, 0.25) is 0 Å². The molecule has 0 aliphatic heterocycles. The second-order valence-corrected chi connectivity index (χ2v) is 6.18. The zero-order valence-electron chi connectivity index (χ0n) is 16.1. The molecule has 0 bridgehead atoms. The van der Waals surface area contributed by atoms with Crippen LogP contribution in [0.3, 0.4) is 0 Å². The first-order valence-electron chi connectivity index (χ1n) is 8.33. The first kappa shape index (κ1) is 24.2. The Labute approximate surface area is 172 Å². The Morgan fingerprint density at radius 3 is 2.54 bits per heavy atom. The van der Waals surface area contributed by atoms with Gasteiger partial charge in [-0.15, -0.1) is 24.0 Å².